The Morgan fingerprint density at radius 3 is 1.32 bits per heavy atom. The lowest BCUT2D eigenvalue weighted by atomic mass is 9.96. The molecule has 2 aliphatic rings. The van der Waals surface area contributed by atoms with Crippen molar-refractivity contribution in [2.45, 2.75) is 103 Å². The highest BCUT2D eigenvalue weighted by Gasteiger charge is 2.57. The lowest BCUT2D eigenvalue weighted by Crippen LogP contribution is -2.67. The van der Waals surface area contributed by atoms with Gasteiger partial charge >= 0.3 is 41.9 Å². The molecule has 0 spiro atoms. The van der Waals surface area contributed by atoms with Crippen molar-refractivity contribution < 1.29 is 86.0 Å². The van der Waals surface area contributed by atoms with Gasteiger partial charge in [-0.1, -0.05) is 0 Å². The highest BCUT2D eigenvalue weighted by atomic mass is 16.8. The standard InChI is InChI=1S/C25H35NO18/c1-9(27)35-7-15-17(37-11(3)29)19(39-13(5)31)21(23(33)41-15)43-24-22(44-25(26)34)20(40-14(6)32)18(38-12(4)30)16(42-24)8-36-10(2)28/h15-24,33H,7-8H2,1-6H3,(H2,26,34)/t15-,16-,17+,18-,19-,20+,21-,22+,23+,24+/m1/s1. The predicted octanol–water partition coefficient (Wildman–Crippen LogP) is -1.87. The van der Waals surface area contributed by atoms with E-state index in [0.717, 1.165) is 41.5 Å². The summed E-state index contributed by atoms with van der Waals surface area (Å²) in [6.45, 7) is 5.02. The third-order valence-electron chi connectivity index (χ3n) is 5.85. The van der Waals surface area contributed by atoms with Crippen molar-refractivity contribution in [2.24, 2.45) is 5.73 Å². The monoisotopic (exact) mass is 637 g/mol. The fourth-order valence-corrected chi connectivity index (χ4v) is 4.43. The fraction of sp³-hybridized carbons (Fsp3) is 0.720. The molecule has 2 heterocycles. The Morgan fingerprint density at radius 1 is 0.545 bits per heavy atom. The maximum absolute atomic E-state index is 12.1. The van der Waals surface area contributed by atoms with E-state index < -0.39 is 117 Å². The first-order valence-corrected chi connectivity index (χ1v) is 13.1. The lowest BCUT2D eigenvalue weighted by Gasteiger charge is -2.47. The van der Waals surface area contributed by atoms with Gasteiger partial charge < -0.3 is 58.2 Å². The maximum atomic E-state index is 12.1. The fourth-order valence-electron chi connectivity index (χ4n) is 4.43. The SMILES string of the molecule is CC(=O)OC[C@H]1O[C@H](O)[C@H](O[C@@H]2O[C@H](COC(C)=O)[C@@H](OC(C)=O)[C@H](OC(C)=O)[C@@H]2OC(N)=O)[C@H](OC(C)=O)[C@H]1OC(C)=O. The highest BCUT2D eigenvalue weighted by molar-refractivity contribution is 5.69. The van der Waals surface area contributed by atoms with Gasteiger partial charge in [-0.3, -0.25) is 28.8 Å². The Kier molecular flexibility index (Phi) is 13.2. The van der Waals surface area contributed by atoms with E-state index in [4.69, 9.17) is 53.1 Å². The number of nitrogens with two attached hydrogens (primary N) is 1. The van der Waals surface area contributed by atoms with Gasteiger partial charge in [0.15, 0.2) is 49.2 Å². The van der Waals surface area contributed by atoms with Crippen LogP contribution < -0.4 is 5.73 Å². The van der Waals surface area contributed by atoms with Gasteiger partial charge in [0.2, 0.25) is 0 Å². The number of hydrogen-bond acceptors (Lipinski definition) is 18. The summed E-state index contributed by atoms with van der Waals surface area (Å²) in [6.07, 6.45) is -18.3. The molecule has 1 amide bonds. The smallest absolute Gasteiger partial charge is 0.405 e. The zero-order chi connectivity index (χ0) is 33.3. The summed E-state index contributed by atoms with van der Waals surface area (Å²) in [4.78, 5) is 82.9. The molecule has 10 atom stereocenters. The second-order valence-electron chi connectivity index (χ2n) is 9.51. The molecule has 2 saturated heterocycles. The van der Waals surface area contributed by atoms with Gasteiger partial charge in [0.05, 0.1) is 0 Å². The van der Waals surface area contributed by atoms with E-state index in [9.17, 15) is 38.7 Å². The molecule has 0 radical (unpaired) electrons. The Labute approximate surface area is 250 Å². The third-order valence-corrected chi connectivity index (χ3v) is 5.85. The normalized spacial score (nSPS) is 31.4. The van der Waals surface area contributed by atoms with Crippen LogP contribution in [0, 0.1) is 0 Å². The van der Waals surface area contributed by atoms with Crippen molar-refractivity contribution in [2.75, 3.05) is 13.2 Å². The predicted molar refractivity (Wildman–Crippen MR) is 134 cm³/mol. The van der Waals surface area contributed by atoms with Crippen molar-refractivity contribution in [1.82, 2.24) is 0 Å². The van der Waals surface area contributed by atoms with E-state index in [2.05, 4.69) is 0 Å². The number of carbonyl (C=O) groups is 7. The van der Waals surface area contributed by atoms with Crippen LogP contribution in [0.2, 0.25) is 0 Å². The summed E-state index contributed by atoms with van der Waals surface area (Å²) in [5, 5.41) is 10.9. The lowest BCUT2D eigenvalue weighted by molar-refractivity contribution is -0.362. The second-order valence-corrected chi connectivity index (χ2v) is 9.51. The average Bonchev–Trinajstić information content (AvgIpc) is 2.87. The van der Waals surface area contributed by atoms with Crippen molar-refractivity contribution >= 4 is 41.9 Å². The Hall–Kier alpha value is -4.07. The topological polar surface area (TPSA) is 258 Å². The summed E-state index contributed by atoms with van der Waals surface area (Å²) in [5.41, 5.74) is 5.23. The van der Waals surface area contributed by atoms with Crippen LogP contribution in [0.5, 0.6) is 0 Å². The van der Waals surface area contributed by atoms with E-state index in [1.54, 1.807) is 0 Å². The van der Waals surface area contributed by atoms with Crippen LogP contribution >= 0.6 is 0 Å². The van der Waals surface area contributed by atoms with Gasteiger partial charge in [-0.2, -0.15) is 0 Å². The van der Waals surface area contributed by atoms with E-state index >= 15 is 0 Å². The molecule has 19 nitrogen and oxygen atoms in total. The Morgan fingerprint density at radius 2 is 0.932 bits per heavy atom. The molecule has 0 aromatic rings. The van der Waals surface area contributed by atoms with Gasteiger partial charge in [0.1, 0.15) is 25.4 Å². The number of carbonyl (C=O) groups excluding carboxylic acids is 7. The van der Waals surface area contributed by atoms with Gasteiger partial charge in [-0.05, 0) is 0 Å². The van der Waals surface area contributed by atoms with Crippen LogP contribution in [0.4, 0.5) is 4.79 Å². The molecule has 0 aromatic heterocycles. The number of ether oxygens (including phenoxy) is 10. The summed E-state index contributed by atoms with van der Waals surface area (Å²) in [7, 11) is 0. The molecule has 2 rings (SSSR count). The summed E-state index contributed by atoms with van der Waals surface area (Å²) >= 11 is 0. The molecular weight excluding hydrogens is 602 g/mol. The summed E-state index contributed by atoms with van der Waals surface area (Å²) < 4.78 is 53.3. The molecular formula is C25H35NO18. The van der Waals surface area contributed by atoms with Crippen LogP contribution in [0.15, 0.2) is 0 Å². The maximum Gasteiger partial charge on any atom is 0.405 e. The largest absolute Gasteiger partial charge is 0.463 e. The molecule has 3 N–H and O–H groups in total. The van der Waals surface area contributed by atoms with Gasteiger partial charge in [-0.25, -0.2) is 4.79 Å². The van der Waals surface area contributed by atoms with Crippen LogP contribution in [0.25, 0.3) is 0 Å². The number of rotatable bonds is 11. The van der Waals surface area contributed by atoms with Gasteiger partial charge in [0, 0.05) is 41.5 Å². The Bertz CT molecular complexity index is 1090. The van der Waals surface area contributed by atoms with Crippen molar-refractivity contribution in [3.8, 4) is 0 Å². The molecule has 248 valence electrons. The van der Waals surface area contributed by atoms with E-state index in [0.29, 0.717) is 0 Å². The average molecular weight is 638 g/mol. The highest BCUT2D eigenvalue weighted by Crippen LogP contribution is 2.34. The van der Waals surface area contributed by atoms with Crippen molar-refractivity contribution in [1.29, 1.82) is 0 Å². The van der Waals surface area contributed by atoms with E-state index in [1.807, 2.05) is 0 Å². The second kappa shape index (κ2) is 16.1. The number of aliphatic hydroxyl groups excluding tert-OH is 1. The molecule has 0 unspecified atom stereocenters. The van der Waals surface area contributed by atoms with Crippen LogP contribution in [-0.2, 0) is 76.1 Å². The number of hydrogen-bond donors (Lipinski definition) is 2. The summed E-state index contributed by atoms with van der Waals surface area (Å²) in [5.74, 6) is -5.18. The van der Waals surface area contributed by atoms with E-state index in [1.165, 1.54) is 0 Å². The minimum Gasteiger partial charge on any atom is -0.463 e. The van der Waals surface area contributed by atoms with Crippen LogP contribution in [-0.4, -0.2) is 122 Å². The van der Waals surface area contributed by atoms with Gasteiger partial charge in [-0.15, -0.1) is 0 Å². The number of amides is 1. The molecule has 2 aliphatic heterocycles. The zero-order valence-electron chi connectivity index (χ0n) is 24.7. The minimum absolute atomic E-state index is 0.550. The van der Waals surface area contributed by atoms with Crippen molar-refractivity contribution in [3.05, 3.63) is 0 Å². The van der Waals surface area contributed by atoms with Crippen molar-refractivity contribution in [3.63, 3.8) is 0 Å². The molecule has 0 aliphatic carbocycles. The first-order chi connectivity index (χ1) is 20.5. The number of esters is 6. The minimum atomic E-state index is -2.02. The van der Waals surface area contributed by atoms with Gasteiger partial charge in [0.25, 0.3) is 0 Å². The van der Waals surface area contributed by atoms with Crippen LogP contribution in [0.3, 0.4) is 0 Å². The quantitative estimate of drug-likeness (QED) is 0.186. The summed E-state index contributed by atoms with van der Waals surface area (Å²) in [6, 6.07) is 0. The zero-order valence-corrected chi connectivity index (χ0v) is 24.7. The molecule has 44 heavy (non-hydrogen) atoms. The molecule has 0 saturated carbocycles. The third kappa shape index (κ3) is 10.6. The first-order valence-electron chi connectivity index (χ1n) is 13.1. The molecule has 19 heteroatoms. The Balaban J connectivity index is 2.59. The first kappa shape index (κ1) is 36.1. The number of aliphatic hydroxyl groups is 1. The number of primary amides is 1. The van der Waals surface area contributed by atoms with Crippen LogP contribution in [0.1, 0.15) is 41.5 Å². The van der Waals surface area contributed by atoms with E-state index in [-0.39, 0.29) is 0 Å². The molecule has 0 aromatic carbocycles. The molecule has 0 bridgehead atoms. The molecule has 2 fully saturated rings.